The number of hydrogen-bond donors (Lipinski definition) is 1. The summed E-state index contributed by atoms with van der Waals surface area (Å²) in [6, 6.07) is 18.9. The van der Waals surface area contributed by atoms with Gasteiger partial charge in [0.2, 0.25) is 11.6 Å². The number of nitrogens with one attached hydrogen (secondary N) is 1. The van der Waals surface area contributed by atoms with Crippen LogP contribution in [-0.4, -0.2) is 24.4 Å². The van der Waals surface area contributed by atoms with Gasteiger partial charge in [-0.25, -0.2) is 15.0 Å². The van der Waals surface area contributed by atoms with Crippen LogP contribution < -0.4 is 10.4 Å². The molecule has 0 unspecified atom stereocenters. The average Bonchev–Trinajstić information content (AvgIpc) is 3.27. The molecule has 0 radical (unpaired) electrons. The van der Waals surface area contributed by atoms with Crippen LogP contribution in [0.3, 0.4) is 0 Å². The maximum absolute atomic E-state index is 11.8. The summed E-state index contributed by atoms with van der Waals surface area (Å²) >= 11 is 0. The van der Waals surface area contributed by atoms with Gasteiger partial charge in [0.05, 0.1) is 16.3 Å². The molecule has 9 nitrogen and oxygen atoms in total. The number of rotatable bonds is 6. The van der Waals surface area contributed by atoms with E-state index in [9.17, 15) is 10.1 Å². The molecule has 2 aromatic carbocycles. The van der Waals surface area contributed by atoms with Gasteiger partial charge >= 0.3 is 5.69 Å². The molecular weight excluding hydrogens is 358 g/mol. The highest BCUT2D eigenvalue weighted by molar-refractivity contribution is 5.72. The van der Waals surface area contributed by atoms with E-state index in [0.29, 0.717) is 0 Å². The number of hydrogen-bond acceptors (Lipinski definition) is 7. The number of nitro groups is 1. The van der Waals surface area contributed by atoms with Crippen LogP contribution in [0.15, 0.2) is 85.7 Å². The third-order valence-corrected chi connectivity index (χ3v) is 3.98. The molecule has 0 saturated carbocycles. The predicted molar refractivity (Wildman–Crippen MR) is 104 cm³/mol. The molecule has 0 aliphatic heterocycles. The molecule has 2 aromatic heterocycles. The van der Waals surface area contributed by atoms with Crippen molar-refractivity contribution in [3.05, 3.63) is 95.8 Å². The lowest BCUT2D eigenvalue weighted by molar-refractivity contribution is -0.384. The van der Waals surface area contributed by atoms with Crippen molar-refractivity contribution in [3.8, 4) is 5.82 Å². The predicted octanol–water partition coefficient (Wildman–Crippen LogP) is 3.74. The Morgan fingerprint density at radius 1 is 0.964 bits per heavy atom. The van der Waals surface area contributed by atoms with E-state index in [4.69, 9.17) is 0 Å². The second kappa shape index (κ2) is 7.54. The highest BCUT2D eigenvalue weighted by Crippen LogP contribution is 2.31. The van der Waals surface area contributed by atoms with E-state index >= 15 is 0 Å². The first-order valence-electron chi connectivity index (χ1n) is 8.38. The number of aromatic nitrogens is 4. The van der Waals surface area contributed by atoms with E-state index in [2.05, 4.69) is 20.4 Å². The molecular formula is C19H15N7O2. The summed E-state index contributed by atoms with van der Waals surface area (Å²) in [5.41, 5.74) is 4.41. The third-order valence-electron chi connectivity index (χ3n) is 3.98. The zero-order chi connectivity index (χ0) is 19.3. The molecule has 0 fully saturated rings. The van der Waals surface area contributed by atoms with Crippen LogP contribution >= 0.6 is 0 Å². The van der Waals surface area contributed by atoms with Crippen molar-refractivity contribution in [1.29, 1.82) is 0 Å². The van der Waals surface area contributed by atoms with Crippen LogP contribution in [0.5, 0.6) is 0 Å². The van der Waals surface area contributed by atoms with E-state index in [1.165, 1.54) is 23.4 Å². The molecule has 0 atom stereocenters. The maximum atomic E-state index is 11.8. The van der Waals surface area contributed by atoms with Gasteiger partial charge < -0.3 is 0 Å². The van der Waals surface area contributed by atoms with Crippen molar-refractivity contribution in [1.82, 2.24) is 19.5 Å². The maximum Gasteiger partial charge on any atom is 0.355 e. The summed E-state index contributed by atoms with van der Waals surface area (Å²) in [6.07, 6.45) is 5.84. The van der Waals surface area contributed by atoms with Crippen molar-refractivity contribution >= 4 is 22.9 Å². The van der Waals surface area contributed by atoms with Crippen LogP contribution in [0.25, 0.3) is 5.82 Å². The SMILES string of the molecule is O=[N+]([O-])c1c(NN(c2ccccc2)c2ccccc2)ncnc1-n1ccnc1. The van der Waals surface area contributed by atoms with E-state index < -0.39 is 4.92 Å². The molecule has 1 N–H and O–H groups in total. The molecule has 0 saturated heterocycles. The molecule has 138 valence electrons. The van der Waals surface area contributed by atoms with E-state index in [1.54, 1.807) is 11.2 Å². The summed E-state index contributed by atoms with van der Waals surface area (Å²) in [6.45, 7) is 0. The number of nitrogens with zero attached hydrogens (tertiary/aromatic N) is 6. The quantitative estimate of drug-likeness (QED) is 0.406. The molecule has 0 bridgehead atoms. The average molecular weight is 373 g/mol. The lowest BCUT2D eigenvalue weighted by Crippen LogP contribution is -2.26. The molecule has 4 rings (SSSR count). The van der Waals surface area contributed by atoms with E-state index in [0.717, 1.165) is 11.4 Å². The van der Waals surface area contributed by atoms with Gasteiger partial charge in [0.15, 0.2) is 0 Å². The van der Waals surface area contributed by atoms with Crippen LogP contribution in [0.1, 0.15) is 0 Å². The minimum absolute atomic E-state index is 0.0661. The van der Waals surface area contributed by atoms with Gasteiger partial charge in [-0.1, -0.05) is 36.4 Å². The number of anilines is 3. The molecule has 2 heterocycles. The zero-order valence-electron chi connectivity index (χ0n) is 14.6. The van der Waals surface area contributed by atoms with Crippen molar-refractivity contribution in [2.24, 2.45) is 0 Å². The van der Waals surface area contributed by atoms with Crippen molar-refractivity contribution in [2.75, 3.05) is 10.4 Å². The smallest absolute Gasteiger partial charge is 0.285 e. The van der Waals surface area contributed by atoms with Crippen molar-refractivity contribution in [2.45, 2.75) is 0 Å². The minimum Gasteiger partial charge on any atom is -0.285 e. The van der Waals surface area contributed by atoms with Crippen molar-refractivity contribution < 1.29 is 4.92 Å². The Kier molecular flexibility index (Phi) is 4.62. The van der Waals surface area contributed by atoms with Crippen LogP contribution in [-0.2, 0) is 0 Å². The molecule has 0 spiro atoms. The van der Waals surface area contributed by atoms with Crippen LogP contribution in [0.2, 0.25) is 0 Å². The fourth-order valence-electron chi connectivity index (χ4n) is 2.73. The highest BCUT2D eigenvalue weighted by Gasteiger charge is 2.26. The summed E-state index contributed by atoms with van der Waals surface area (Å²) in [7, 11) is 0. The van der Waals surface area contributed by atoms with E-state index in [-0.39, 0.29) is 17.3 Å². The molecule has 4 aromatic rings. The number of benzene rings is 2. The first-order chi connectivity index (χ1) is 13.7. The highest BCUT2D eigenvalue weighted by atomic mass is 16.6. The first-order valence-corrected chi connectivity index (χ1v) is 8.38. The van der Waals surface area contributed by atoms with Gasteiger partial charge in [0, 0.05) is 12.4 Å². The fourth-order valence-corrected chi connectivity index (χ4v) is 2.73. The molecule has 28 heavy (non-hydrogen) atoms. The fraction of sp³-hybridized carbons (Fsp3) is 0. The summed E-state index contributed by atoms with van der Waals surface area (Å²) in [4.78, 5) is 23.4. The normalized spacial score (nSPS) is 10.4. The van der Waals surface area contributed by atoms with Crippen molar-refractivity contribution in [3.63, 3.8) is 0 Å². The molecule has 9 heteroatoms. The Bertz CT molecular complexity index is 1030. The van der Waals surface area contributed by atoms with Gasteiger partial charge in [-0.15, -0.1) is 0 Å². The monoisotopic (exact) mass is 373 g/mol. The third kappa shape index (κ3) is 3.36. The second-order valence-corrected chi connectivity index (χ2v) is 5.74. The molecule has 0 aliphatic rings. The Balaban J connectivity index is 1.81. The Labute approximate surface area is 160 Å². The van der Waals surface area contributed by atoms with Gasteiger partial charge in [-0.2, -0.15) is 0 Å². The summed E-state index contributed by atoms with van der Waals surface area (Å²) < 4.78 is 1.47. The number of hydrazine groups is 1. The zero-order valence-corrected chi connectivity index (χ0v) is 14.6. The van der Waals surface area contributed by atoms with Crippen LogP contribution in [0, 0.1) is 10.1 Å². The largest absolute Gasteiger partial charge is 0.355 e. The van der Waals surface area contributed by atoms with Crippen LogP contribution in [0.4, 0.5) is 22.9 Å². The number of imidazole rings is 1. The van der Waals surface area contributed by atoms with Gasteiger partial charge in [0.25, 0.3) is 0 Å². The Morgan fingerprint density at radius 2 is 1.61 bits per heavy atom. The molecule has 0 aliphatic carbocycles. The Hall–Kier alpha value is -4.27. The van der Waals surface area contributed by atoms with Gasteiger partial charge in [-0.05, 0) is 24.3 Å². The van der Waals surface area contributed by atoms with Gasteiger partial charge in [-0.3, -0.25) is 25.1 Å². The summed E-state index contributed by atoms with van der Waals surface area (Å²) in [5.74, 6) is 0.192. The number of para-hydroxylation sites is 2. The first kappa shape index (κ1) is 17.2. The second-order valence-electron chi connectivity index (χ2n) is 5.74. The standard InChI is InChI=1S/C19H15N7O2/c27-26(28)17-18(21-13-22-19(17)24-12-11-20-14-24)23-25(15-7-3-1-4-8-15)16-9-5-2-6-10-16/h1-14H,(H,21,22,23). The lowest BCUT2D eigenvalue weighted by atomic mass is 10.2. The topological polar surface area (TPSA) is 102 Å². The summed E-state index contributed by atoms with van der Waals surface area (Å²) in [5, 5.41) is 13.6. The van der Waals surface area contributed by atoms with E-state index in [1.807, 2.05) is 60.7 Å². The Morgan fingerprint density at radius 3 is 2.14 bits per heavy atom. The lowest BCUT2D eigenvalue weighted by Gasteiger charge is -2.25. The minimum atomic E-state index is -0.508. The molecule has 0 amide bonds. The van der Waals surface area contributed by atoms with Gasteiger partial charge in [0.1, 0.15) is 12.7 Å².